The minimum Gasteiger partial charge on any atom is -0.497 e. The van der Waals surface area contributed by atoms with Crippen LogP contribution >= 0.6 is 35.4 Å². The zero-order valence-electron chi connectivity index (χ0n) is 18.0. The lowest BCUT2D eigenvalue weighted by Crippen LogP contribution is -2.32. The quantitative estimate of drug-likeness (QED) is 0.235. The van der Waals surface area contributed by atoms with Gasteiger partial charge in [-0.15, -0.1) is 0 Å². The zero-order chi connectivity index (χ0) is 24.1. The molecule has 0 aliphatic rings. The molecular formula is C25H19Cl2N3O3S. The highest BCUT2D eigenvalue weighted by Gasteiger charge is 2.11. The molecule has 3 aromatic carbocycles. The first-order valence-corrected chi connectivity index (χ1v) is 11.3. The fourth-order valence-corrected chi connectivity index (χ4v) is 3.90. The van der Waals surface area contributed by atoms with Crippen molar-refractivity contribution >= 4 is 69.3 Å². The molecule has 0 unspecified atom stereocenters. The molecule has 0 aliphatic carbocycles. The summed E-state index contributed by atoms with van der Waals surface area (Å²) in [6.07, 6.45) is 3.60. The maximum Gasteiger partial charge on any atom is 0.250 e. The van der Waals surface area contributed by atoms with Gasteiger partial charge >= 0.3 is 0 Å². The van der Waals surface area contributed by atoms with E-state index in [9.17, 15) is 4.79 Å². The maximum absolute atomic E-state index is 12.1. The summed E-state index contributed by atoms with van der Waals surface area (Å²) in [5.74, 6) is 0.951. The van der Waals surface area contributed by atoms with E-state index in [0.29, 0.717) is 33.5 Å². The van der Waals surface area contributed by atoms with Crippen LogP contribution in [0.2, 0.25) is 10.0 Å². The van der Waals surface area contributed by atoms with Crippen molar-refractivity contribution in [3.05, 3.63) is 93.8 Å². The molecule has 1 aromatic heterocycles. The highest BCUT2D eigenvalue weighted by Crippen LogP contribution is 2.29. The molecule has 6 nitrogen and oxygen atoms in total. The standard InChI is InChI=1S/C25H19Cl2N3O3S/c1-32-19-9-4-15(5-10-19)6-11-22(31)30-25(34)28-18-7-2-16(3-8-18)12-23-29-21-14-17(26)13-20(27)24(21)33-23/h2-11,13-14H,12H2,1H3,(H2,28,30,31,34)/b11-6+. The van der Waals surface area contributed by atoms with Gasteiger partial charge < -0.3 is 14.5 Å². The lowest BCUT2D eigenvalue weighted by atomic mass is 10.1. The predicted molar refractivity (Wildman–Crippen MR) is 140 cm³/mol. The molecule has 0 spiro atoms. The summed E-state index contributed by atoms with van der Waals surface area (Å²) in [4.78, 5) is 16.6. The maximum atomic E-state index is 12.1. The number of carbonyl (C=O) groups excluding carboxylic acids is 1. The van der Waals surface area contributed by atoms with Crippen LogP contribution in [-0.2, 0) is 11.2 Å². The molecule has 4 rings (SSSR count). The van der Waals surface area contributed by atoms with Crippen LogP contribution < -0.4 is 15.4 Å². The third-order valence-corrected chi connectivity index (χ3v) is 5.50. The number of hydrogen-bond donors (Lipinski definition) is 2. The van der Waals surface area contributed by atoms with Gasteiger partial charge in [0.05, 0.1) is 12.1 Å². The van der Waals surface area contributed by atoms with Crippen molar-refractivity contribution in [3.8, 4) is 5.75 Å². The van der Waals surface area contributed by atoms with Crippen LogP contribution in [0.15, 0.2) is 71.2 Å². The number of anilines is 1. The first-order chi connectivity index (χ1) is 16.4. The van der Waals surface area contributed by atoms with Gasteiger partial charge in [-0.05, 0) is 65.8 Å². The van der Waals surface area contributed by atoms with E-state index in [1.807, 2.05) is 48.5 Å². The SMILES string of the molecule is COc1ccc(/C=C/C(=O)NC(=S)Nc2ccc(Cc3nc4cc(Cl)cc(Cl)c4o3)cc2)cc1. The van der Waals surface area contributed by atoms with Gasteiger partial charge in [-0.1, -0.05) is 47.5 Å². The number of ether oxygens (including phenoxy) is 1. The molecule has 0 fully saturated rings. The summed E-state index contributed by atoms with van der Waals surface area (Å²) in [6.45, 7) is 0. The fraction of sp³-hybridized carbons (Fsp3) is 0.0800. The second-order valence-corrected chi connectivity index (χ2v) is 8.52. The van der Waals surface area contributed by atoms with Crippen molar-refractivity contribution in [3.63, 3.8) is 0 Å². The van der Waals surface area contributed by atoms with Gasteiger partial charge in [-0.3, -0.25) is 10.1 Å². The van der Waals surface area contributed by atoms with E-state index >= 15 is 0 Å². The van der Waals surface area contributed by atoms with Crippen molar-refractivity contribution in [1.82, 2.24) is 10.3 Å². The molecule has 2 N–H and O–H groups in total. The Morgan fingerprint density at radius 2 is 1.85 bits per heavy atom. The Balaban J connectivity index is 1.31. The minimum atomic E-state index is -0.334. The van der Waals surface area contributed by atoms with Crippen LogP contribution in [0.4, 0.5) is 5.69 Å². The predicted octanol–water partition coefficient (Wildman–Crippen LogP) is 6.26. The van der Waals surface area contributed by atoms with E-state index < -0.39 is 0 Å². The van der Waals surface area contributed by atoms with Gasteiger partial charge in [0.1, 0.15) is 11.3 Å². The number of aromatic nitrogens is 1. The molecule has 0 radical (unpaired) electrons. The summed E-state index contributed by atoms with van der Waals surface area (Å²) >= 11 is 17.4. The number of carbonyl (C=O) groups is 1. The third kappa shape index (κ3) is 6.14. The molecular weight excluding hydrogens is 493 g/mol. The van der Waals surface area contributed by atoms with Gasteiger partial charge in [0, 0.05) is 23.2 Å². The number of halogens is 2. The molecule has 0 atom stereocenters. The third-order valence-electron chi connectivity index (χ3n) is 4.80. The zero-order valence-corrected chi connectivity index (χ0v) is 20.3. The van der Waals surface area contributed by atoms with Crippen LogP contribution in [0.25, 0.3) is 17.2 Å². The van der Waals surface area contributed by atoms with Gasteiger partial charge in [0.25, 0.3) is 0 Å². The van der Waals surface area contributed by atoms with Gasteiger partial charge in [-0.25, -0.2) is 4.98 Å². The van der Waals surface area contributed by atoms with Crippen LogP contribution in [0.5, 0.6) is 5.75 Å². The fourth-order valence-electron chi connectivity index (χ4n) is 3.16. The van der Waals surface area contributed by atoms with Gasteiger partial charge in [0.2, 0.25) is 5.91 Å². The average molecular weight is 512 g/mol. The van der Waals surface area contributed by atoms with Crippen LogP contribution in [0.1, 0.15) is 17.0 Å². The number of oxazole rings is 1. The Morgan fingerprint density at radius 3 is 2.56 bits per heavy atom. The second-order valence-electron chi connectivity index (χ2n) is 7.27. The lowest BCUT2D eigenvalue weighted by Gasteiger charge is -2.08. The van der Waals surface area contributed by atoms with E-state index in [2.05, 4.69) is 15.6 Å². The second kappa shape index (κ2) is 10.7. The van der Waals surface area contributed by atoms with E-state index in [1.54, 1.807) is 25.3 Å². The van der Waals surface area contributed by atoms with Gasteiger partial charge in [0.15, 0.2) is 16.6 Å². The normalized spacial score (nSPS) is 11.0. The molecule has 172 valence electrons. The van der Waals surface area contributed by atoms with Crippen molar-refractivity contribution in [1.29, 1.82) is 0 Å². The summed E-state index contributed by atoms with van der Waals surface area (Å²) in [7, 11) is 1.60. The van der Waals surface area contributed by atoms with Crippen molar-refractivity contribution in [2.75, 3.05) is 12.4 Å². The number of thiocarbonyl (C=S) groups is 1. The number of methoxy groups -OCH3 is 1. The van der Waals surface area contributed by atoms with Crippen LogP contribution in [0, 0.1) is 0 Å². The monoisotopic (exact) mass is 511 g/mol. The topological polar surface area (TPSA) is 76.4 Å². The highest BCUT2D eigenvalue weighted by molar-refractivity contribution is 7.80. The van der Waals surface area contributed by atoms with Gasteiger partial charge in [-0.2, -0.15) is 0 Å². The van der Waals surface area contributed by atoms with Crippen LogP contribution in [0.3, 0.4) is 0 Å². The van der Waals surface area contributed by atoms with E-state index in [-0.39, 0.29) is 11.0 Å². The van der Waals surface area contributed by atoms with E-state index in [1.165, 1.54) is 6.08 Å². The van der Waals surface area contributed by atoms with Crippen molar-refractivity contribution in [2.45, 2.75) is 6.42 Å². The Morgan fingerprint density at radius 1 is 1.12 bits per heavy atom. The van der Waals surface area contributed by atoms with Crippen LogP contribution in [-0.4, -0.2) is 23.1 Å². The number of nitrogens with one attached hydrogen (secondary N) is 2. The first kappa shape index (κ1) is 23.8. The summed E-state index contributed by atoms with van der Waals surface area (Å²) in [5, 5.41) is 6.74. The molecule has 0 saturated heterocycles. The molecule has 0 aliphatic heterocycles. The average Bonchev–Trinajstić information content (AvgIpc) is 3.22. The Bertz CT molecular complexity index is 1370. The number of hydrogen-bond acceptors (Lipinski definition) is 5. The smallest absolute Gasteiger partial charge is 0.250 e. The molecule has 0 saturated carbocycles. The summed E-state index contributed by atoms with van der Waals surface area (Å²) < 4.78 is 10.9. The lowest BCUT2D eigenvalue weighted by molar-refractivity contribution is -0.115. The molecule has 9 heteroatoms. The van der Waals surface area contributed by atoms with E-state index in [4.69, 9.17) is 44.6 Å². The number of rotatable bonds is 6. The Labute approximate surface area is 211 Å². The summed E-state index contributed by atoms with van der Waals surface area (Å²) in [5.41, 5.74) is 3.72. The molecule has 1 amide bonds. The molecule has 1 heterocycles. The summed E-state index contributed by atoms with van der Waals surface area (Å²) in [6, 6.07) is 18.2. The molecule has 34 heavy (non-hydrogen) atoms. The Kier molecular flexibility index (Phi) is 7.47. The Hall–Kier alpha value is -3.39. The minimum absolute atomic E-state index is 0.197. The number of benzene rings is 3. The number of nitrogens with zero attached hydrogens (tertiary/aromatic N) is 1. The largest absolute Gasteiger partial charge is 0.497 e. The molecule has 0 bridgehead atoms. The molecule has 4 aromatic rings. The number of amides is 1. The van der Waals surface area contributed by atoms with Crippen molar-refractivity contribution < 1.29 is 13.9 Å². The first-order valence-electron chi connectivity index (χ1n) is 10.2. The van der Waals surface area contributed by atoms with E-state index in [0.717, 1.165) is 22.6 Å². The highest BCUT2D eigenvalue weighted by atomic mass is 35.5. The number of fused-ring (bicyclic) bond motifs is 1. The van der Waals surface area contributed by atoms with Crippen molar-refractivity contribution in [2.24, 2.45) is 0 Å².